The lowest BCUT2D eigenvalue weighted by atomic mass is 9.69. The molecular formula is C17H20O4. The molecule has 2 aliphatic rings. The zero-order valence-corrected chi connectivity index (χ0v) is 12.0. The number of ketones is 1. The van der Waals surface area contributed by atoms with E-state index in [1.54, 1.807) is 0 Å². The van der Waals surface area contributed by atoms with E-state index < -0.39 is 11.4 Å². The smallest absolute Gasteiger partial charge is 0.319 e. The number of carbonyl (C=O) groups is 2. The molecular weight excluding hydrogens is 268 g/mol. The number of Topliss-reactive ketones (excluding diaryl/α,β-unsaturated/α-hetero) is 1. The van der Waals surface area contributed by atoms with E-state index in [0.29, 0.717) is 13.0 Å². The van der Waals surface area contributed by atoms with Crippen LogP contribution in [0.4, 0.5) is 0 Å². The molecule has 1 aliphatic heterocycles. The highest BCUT2D eigenvalue weighted by molar-refractivity contribution is 6.03. The Balaban J connectivity index is 1.91. The Morgan fingerprint density at radius 1 is 1.33 bits per heavy atom. The minimum absolute atomic E-state index is 0.0137. The van der Waals surface area contributed by atoms with Crippen LogP contribution in [0.25, 0.3) is 0 Å². The van der Waals surface area contributed by atoms with Gasteiger partial charge in [-0.1, -0.05) is 24.3 Å². The van der Waals surface area contributed by atoms with E-state index in [4.69, 9.17) is 4.74 Å². The summed E-state index contributed by atoms with van der Waals surface area (Å²) in [6.45, 7) is 0.356. The monoisotopic (exact) mass is 288 g/mol. The molecule has 0 radical (unpaired) electrons. The minimum atomic E-state index is -1.35. The third kappa shape index (κ3) is 2.48. The molecule has 0 saturated carbocycles. The maximum Gasteiger partial charge on any atom is 0.319 e. The third-order valence-corrected chi connectivity index (χ3v) is 4.85. The fourth-order valence-electron chi connectivity index (χ4n) is 3.66. The van der Waals surface area contributed by atoms with Crippen LogP contribution in [0.15, 0.2) is 24.3 Å². The summed E-state index contributed by atoms with van der Waals surface area (Å²) in [5, 5.41) is 9.64. The van der Waals surface area contributed by atoms with E-state index in [1.165, 1.54) is 11.1 Å². The van der Waals surface area contributed by atoms with Crippen LogP contribution in [0.3, 0.4) is 0 Å². The largest absolute Gasteiger partial charge is 0.480 e. The zero-order chi connectivity index (χ0) is 14.9. The van der Waals surface area contributed by atoms with Crippen molar-refractivity contribution in [3.63, 3.8) is 0 Å². The fraction of sp³-hybridized carbons (Fsp3) is 0.529. The van der Waals surface area contributed by atoms with Crippen molar-refractivity contribution in [3.8, 4) is 0 Å². The average molecular weight is 288 g/mol. The minimum Gasteiger partial charge on any atom is -0.480 e. The van der Waals surface area contributed by atoms with Crippen molar-refractivity contribution in [1.29, 1.82) is 0 Å². The number of hydrogen-bond donors (Lipinski definition) is 1. The van der Waals surface area contributed by atoms with Crippen molar-refractivity contribution in [3.05, 3.63) is 35.4 Å². The van der Waals surface area contributed by atoms with Crippen LogP contribution in [0.1, 0.15) is 42.7 Å². The van der Waals surface area contributed by atoms with Gasteiger partial charge in [0, 0.05) is 6.42 Å². The maximum absolute atomic E-state index is 12.3. The predicted molar refractivity (Wildman–Crippen MR) is 77.2 cm³/mol. The van der Waals surface area contributed by atoms with E-state index in [-0.39, 0.29) is 24.7 Å². The quantitative estimate of drug-likeness (QED) is 0.868. The summed E-state index contributed by atoms with van der Waals surface area (Å²) in [6, 6.07) is 8.18. The summed E-state index contributed by atoms with van der Waals surface area (Å²) in [7, 11) is 0. The molecule has 1 aliphatic carbocycles. The maximum atomic E-state index is 12.3. The van der Waals surface area contributed by atoms with Crippen LogP contribution in [0.2, 0.25) is 0 Å². The summed E-state index contributed by atoms with van der Waals surface area (Å²) in [5.74, 6) is -1.07. The molecule has 1 heterocycles. The molecule has 1 saturated heterocycles. The van der Waals surface area contributed by atoms with Gasteiger partial charge in [0.15, 0.2) is 5.78 Å². The van der Waals surface area contributed by atoms with Gasteiger partial charge >= 0.3 is 5.97 Å². The highest BCUT2D eigenvalue weighted by Gasteiger charge is 2.49. The van der Waals surface area contributed by atoms with Gasteiger partial charge in [0.05, 0.1) is 13.2 Å². The molecule has 0 aromatic heterocycles. The summed E-state index contributed by atoms with van der Waals surface area (Å²) in [5.41, 5.74) is 1.15. The molecule has 2 unspecified atom stereocenters. The number of ether oxygens (including phenoxy) is 1. The molecule has 4 heteroatoms. The van der Waals surface area contributed by atoms with Crippen molar-refractivity contribution in [2.24, 2.45) is 5.41 Å². The van der Waals surface area contributed by atoms with Crippen molar-refractivity contribution in [1.82, 2.24) is 0 Å². The summed E-state index contributed by atoms with van der Waals surface area (Å²) < 4.78 is 5.35. The van der Waals surface area contributed by atoms with E-state index in [1.807, 2.05) is 12.1 Å². The Hall–Kier alpha value is -1.68. The van der Waals surface area contributed by atoms with Gasteiger partial charge in [-0.25, -0.2) is 0 Å². The lowest BCUT2D eigenvalue weighted by Gasteiger charge is -2.36. The first-order chi connectivity index (χ1) is 10.1. The van der Waals surface area contributed by atoms with E-state index in [0.717, 1.165) is 19.3 Å². The Bertz CT molecular complexity index is 566. The number of aryl methyl sites for hydroxylation is 1. The standard InChI is InChI=1S/C17H20O4/c18-15-8-9-21-11-17(15,16(19)20)10-13-6-3-5-12-4-1-2-7-14(12)13/h1-2,4,7,13H,3,5-6,8-11H2,(H,19,20). The number of carboxylic acids is 1. The number of hydrogen-bond acceptors (Lipinski definition) is 3. The van der Waals surface area contributed by atoms with Crippen LogP contribution in [0.5, 0.6) is 0 Å². The van der Waals surface area contributed by atoms with Crippen LogP contribution in [-0.2, 0) is 20.7 Å². The molecule has 1 fully saturated rings. The van der Waals surface area contributed by atoms with Gasteiger partial charge in [-0.05, 0) is 42.7 Å². The van der Waals surface area contributed by atoms with E-state index in [2.05, 4.69) is 12.1 Å². The Labute approximate surface area is 124 Å². The third-order valence-electron chi connectivity index (χ3n) is 4.85. The van der Waals surface area contributed by atoms with Gasteiger partial charge in [0.2, 0.25) is 0 Å². The second kappa shape index (κ2) is 5.60. The van der Waals surface area contributed by atoms with Crippen molar-refractivity contribution in [2.75, 3.05) is 13.2 Å². The highest BCUT2D eigenvalue weighted by atomic mass is 16.5. The van der Waals surface area contributed by atoms with Crippen molar-refractivity contribution in [2.45, 2.75) is 38.0 Å². The molecule has 112 valence electrons. The first-order valence-electron chi connectivity index (χ1n) is 7.56. The summed E-state index contributed by atoms with van der Waals surface area (Å²) >= 11 is 0. The van der Waals surface area contributed by atoms with Crippen LogP contribution in [0, 0.1) is 5.41 Å². The molecule has 3 rings (SSSR count). The molecule has 1 N–H and O–H groups in total. The van der Waals surface area contributed by atoms with Crippen LogP contribution < -0.4 is 0 Å². The number of benzene rings is 1. The first kappa shape index (κ1) is 14.3. The molecule has 21 heavy (non-hydrogen) atoms. The van der Waals surface area contributed by atoms with E-state index >= 15 is 0 Å². The molecule has 2 atom stereocenters. The molecule has 0 spiro atoms. The SMILES string of the molecule is O=C(O)C1(CC2CCCc3ccccc32)COCCC1=O. The second-order valence-corrected chi connectivity index (χ2v) is 6.11. The molecule has 0 amide bonds. The van der Waals surface area contributed by atoms with Gasteiger partial charge in [-0.15, -0.1) is 0 Å². The van der Waals surface area contributed by atoms with Gasteiger partial charge in [0.1, 0.15) is 5.41 Å². The average Bonchev–Trinajstić information content (AvgIpc) is 2.50. The molecule has 1 aromatic carbocycles. The van der Waals surface area contributed by atoms with Crippen LogP contribution >= 0.6 is 0 Å². The second-order valence-electron chi connectivity index (χ2n) is 6.11. The number of aliphatic carboxylic acids is 1. The number of rotatable bonds is 3. The number of fused-ring (bicyclic) bond motifs is 1. The van der Waals surface area contributed by atoms with Crippen molar-refractivity contribution < 1.29 is 19.4 Å². The van der Waals surface area contributed by atoms with Crippen molar-refractivity contribution >= 4 is 11.8 Å². The first-order valence-corrected chi connectivity index (χ1v) is 7.56. The zero-order valence-electron chi connectivity index (χ0n) is 12.0. The lowest BCUT2D eigenvalue weighted by molar-refractivity contribution is -0.165. The molecule has 1 aromatic rings. The summed E-state index contributed by atoms with van der Waals surface area (Å²) in [4.78, 5) is 24.1. The number of carbonyl (C=O) groups excluding carboxylic acids is 1. The van der Waals surface area contributed by atoms with E-state index in [9.17, 15) is 14.7 Å². The van der Waals surface area contributed by atoms with Gasteiger partial charge < -0.3 is 9.84 Å². The fourth-order valence-corrected chi connectivity index (χ4v) is 3.66. The van der Waals surface area contributed by atoms with Gasteiger partial charge in [0.25, 0.3) is 0 Å². The Kier molecular flexibility index (Phi) is 3.81. The lowest BCUT2D eigenvalue weighted by Crippen LogP contribution is -2.48. The summed E-state index contributed by atoms with van der Waals surface area (Å²) in [6.07, 6.45) is 3.60. The topological polar surface area (TPSA) is 63.6 Å². The predicted octanol–water partition coefficient (Wildman–Crippen LogP) is 2.56. The molecule has 0 bridgehead atoms. The van der Waals surface area contributed by atoms with Gasteiger partial charge in [-0.2, -0.15) is 0 Å². The normalized spacial score (nSPS) is 29.0. The molecule has 4 nitrogen and oxygen atoms in total. The van der Waals surface area contributed by atoms with Crippen LogP contribution in [-0.4, -0.2) is 30.1 Å². The highest BCUT2D eigenvalue weighted by Crippen LogP contribution is 2.42. The number of carboxylic acid groups (broad SMARTS) is 1. The Morgan fingerprint density at radius 2 is 2.14 bits per heavy atom. The van der Waals surface area contributed by atoms with Gasteiger partial charge in [-0.3, -0.25) is 9.59 Å². The Morgan fingerprint density at radius 3 is 2.90 bits per heavy atom.